The van der Waals surface area contributed by atoms with Crippen molar-refractivity contribution in [1.29, 1.82) is 0 Å². The molecule has 0 aliphatic carbocycles. The third kappa shape index (κ3) is 2.38. The third-order valence-corrected chi connectivity index (χ3v) is 3.84. The van der Waals surface area contributed by atoms with Crippen LogP contribution in [0.5, 0.6) is 0 Å². The first-order valence-electron chi connectivity index (χ1n) is 5.51. The Morgan fingerprint density at radius 2 is 2.25 bits per heavy atom. The van der Waals surface area contributed by atoms with Crippen LogP contribution in [0.2, 0.25) is 0 Å². The number of hydrogen-bond acceptors (Lipinski definition) is 2. The summed E-state index contributed by atoms with van der Waals surface area (Å²) in [6.45, 7) is 2.82. The number of thioether (sulfide) groups is 1. The van der Waals surface area contributed by atoms with Crippen LogP contribution >= 0.6 is 11.8 Å². The summed E-state index contributed by atoms with van der Waals surface area (Å²) in [4.78, 5) is 0. The number of halogens is 2. The van der Waals surface area contributed by atoms with Crippen LogP contribution in [0.15, 0.2) is 12.1 Å². The highest BCUT2D eigenvalue weighted by Gasteiger charge is 2.21. The van der Waals surface area contributed by atoms with Crippen LogP contribution in [-0.2, 0) is 5.75 Å². The largest absolute Gasteiger partial charge is 0.310 e. The Balaban J connectivity index is 2.43. The Morgan fingerprint density at radius 1 is 1.44 bits per heavy atom. The van der Waals surface area contributed by atoms with Gasteiger partial charge in [-0.15, -0.1) is 0 Å². The maximum Gasteiger partial charge on any atom is 0.130 e. The number of fused-ring (bicyclic) bond motifs is 1. The quantitative estimate of drug-likeness (QED) is 0.855. The average molecular weight is 243 g/mol. The molecule has 1 aromatic carbocycles. The predicted octanol–water partition coefficient (Wildman–Crippen LogP) is 3.25. The van der Waals surface area contributed by atoms with E-state index in [1.165, 1.54) is 6.07 Å². The van der Waals surface area contributed by atoms with E-state index in [0.29, 0.717) is 11.3 Å². The molecule has 1 heterocycles. The normalized spacial score (nSPS) is 20.3. The first-order chi connectivity index (χ1) is 7.72. The van der Waals surface area contributed by atoms with E-state index in [2.05, 4.69) is 5.32 Å². The predicted molar refractivity (Wildman–Crippen MR) is 63.6 cm³/mol. The first kappa shape index (κ1) is 11.9. The lowest BCUT2D eigenvalue weighted by molar-refractivity contribution is 0.520. The summed E-state index contributed by atoms with van der Waals surface area (Å²) in [7, 11) is 0. The van der Waals surface area contributed by atoms with Gasteiger partial charge in [0.15, 0.2) is 0 Å². The van der Waals surface area contributed by atoms with Crippen LogP contribution in [0.4, 0.5) is 8.78 Å². The summed E-state index contributed by atoms with van der Waals surface area (Å²) in [5.41, 5.74) is 1.46. The van der Waals surface area contributed by atoms with Gasteiger partial charge in [0.25, 0.3) is 0 Å². The summed E-state index contributed by atoms with van der Waals surface area (Å²) in [6.07, 6.45) is 0.925. The smallest absolute Gasteiger partial charge is 0.130 e. The summed E-state index contributed by atoms with van der Waals surface area (Å²) >= 11 is 1.71. The van der Waals surface area contributed by atoms with Crippen molar-refractivity contribution >= 4 is 11.8 Å². The number of nitrogens with one attached hydrogen (secondary N) is 1. The average Bonchev–Trinajstić information content (AvgIpc) is 2.42. The van der Waals surface area contributed by atoms with Gasteiger partial charge in [-0.05, 0) is 30.3 Å². The summed E-state index contributed by atoms with van der Waals surface area (Å²) in [5.74, 6) is 0.731. The molecule has 0 fully saturated rings. The lowest BCUT2D eigenvalue weighted by Gasteiger charge is -2.18. The molecular weight excluding hydrogens is 228 g/mol. The van der Waals surface area contributed by atoms with Crippen LogP contribution in [0.1, 0.15) is 30.5 Å². The number of benzene rings is 1. The summed E-state index contributed by atoms with van der Waals surface area (Å²) < 4.78 is 26.9. The second-order valence-corrected chi connectivity index (χ2v) is 5.01. The molecule has 0 radical (unpaired) electrons. The van der Waals surface area contributed by atoms with E-state index in [4.69, 9.17) is 0 Å². The van der Waals surface area contributed by atoms with Crippen molar-refractivity contribution in [1.82, 2.24) is 5.32 Å². The second kappa shape index (κ2) is 5.15. The molecule has 1 atom stereocenters. The van der Waals surface area contributed by atoms with Crippen LogP contribution in [0.25, 0.3) is 0 Å². The molecule has 1 aromatic rings. The van der Waals surface area contributed by atoms with E-state index < -0.39 is 11.6 Å². The van der Waals surface area contributed by atoms with Gasteiger partial charge >= 0.3 is 0 Å². The number of hydrogen-bond donors (Lipinski definition) is 1. The van der Waals surface area contributed by atoms with Crippen LogP contribution in [0.3, 0.4) is 0 Å². The first-order valence-corrected chi connectivity index (χ1v) is 6.66. The van der Waals surface area contributed by atoms with Gasteiger partial charge in [0.05, 0.1) is 0 Å². The minimum absolute atomic E-state index is 0.0835. The zero-order valence-electron chi connectivity index (χ0n) is 9.22. The van der Waals surface area contributed by atoms with E-state index in [0.717, 1.165) is 30.3 Å². The third-order valence-electron chi connectivity index (χ3n) is 2.82. The van der Waals surface area contributed by atoms with Crippen molar-refractivity contribution in [3.63, 3.8) is 0 Å². The standard InChI is InChI=1S/C12H15F2NS/c1-2-15-12-3-4-16-7-10-9(12)5-8(13)6-11(10)14/h5-6,12,15H,2-4,7H2,1H3. The number of rotatable bonds is 2. The molecule has 2 rings (SSSR count). The molecule has 0 amide bonds. The Labute approximate surface area is 98.6 Å². The maximum absolute atomic E-state index is 13.6. The molecule has 0 bridgehead atoms. The van der Waals surface area contributed by atoms with Gasteiger partial charge in [0.2, 0.25) is 0 Å². The van der Waals surface area contributed by atoms with Crippen molar-refractivity contribution in [3.05, 3.63) is 34.9 Å². The molecule has 1 nitrogen and oxygen atoms in total. The van der Waals surface area contributed by atoms with Gasteiger partial charge in [-0.1, -0.05) is 6.92 Å². The highest BCUT2D eigenvalue weighted by Crippen LogP contribution is 2.32. The van der Waals surface area contributed by atoms with Gasteiger partial charge in [-0.25, -0.2) is 8.78 Å². The second-order valence-electron chi connectivity index (χ2n) is 3.91. The molecule has 16 heavy (non-hydrogen) atoms. The van der Waals surface area contributed by atoms with Crippen molar-refractivity contribution in [2.75, 3.05) is 12.3 Å². The Morgan fingerprint density at radius 3 is 3.00 bits per heavy atom. The molecule has 0 saturated heterocycles. The SMILES string of the molecule is CCNC1CCSCc2c(F)cc(F)cc21. The zero-order chi connectivity index (χ0) is 11.5. The summed E-state index contributed by atoms with van der Waals surface area (Å²) in [5, 5.41) is 3.29. The molecule has 1 unspecified atom stereocenters. The minimum atomic E-state index is -0.481. The van der Waals surface area contributed by atoms with E-state index in [9.17, 15) is 8.78 Å². The fraction of sp³-hybridized carbons (Fsp3) is 0.500. The van der Waals surface area contributed by atoms with E-state index >= 15 is 0 Å². The van der Waals surface area contributed by atoms with Crippen molar-refractivity contribution in [3.8, 4) is 0 Å². The summed E-state index contributed by atoms with van der Waals surface area (Å²) in [6, 6.07) is 2.53. The van der Waals surface area contributed by atoms with Gasteiger partial charge < -0.3 is 5.32 Å². The molecular formula is C12H15F2NS. The molecule has 4 heteroatoms. The Bertz CT molecular complexity index is 382. The van der Waals surface area contributed by atoms with Crippen molar-refractivity contribution < 1.29 is 8.78 Å². The molecule has 1 aliphatic rings. The van der Waals surface area contributed by atoms with Gasteiger partial charge in [-0.3, -0.25) is 0 Å². The lowest BCUT2D eigenvalue weighted by atomic mass is 9.98. The van der Waals surface area contributed by atoms with Gasteiger partial charge in [0.1, 0.15) is 11.6 Å². The minimum Gasteiger partial charge on any atom is -0.310 e. The van der Waals surface area contributed by atoms with Crippen molar-refractivity contribution in [2.24, 2.45) is 0 Å². The Hall–Kier alpha value is -0.610. The topological polar surface area (TPSA) is 12.0 Å². The molecule has 1 aliphatic heterocycles. The van der Waals surface area contributed by atoms with E-state index in [-0.39, 0.29) is 6.04 Å². The molecule has 0 spiro atoms. The van der Waals surface area contributed by atoms with Crippen LogP contribution < -0.4 is 5.32 Å². The fourth-order valence-electron chi connectivity index (χ4n) is 2.08. The lowest BCUT2D eigenvalue weighted by Crippen LogP contribution is -2.22. The highest BCUT2D eigenvalue weighted by atomic mass is 32.2. The fourth-order valence-corrected chi connectivity index (χ4v) is 3.13. The molecule has 0 saturated carbocycles. The van der Waals surface area contributed by atoms with Crippen LogP contribution in [-0.4, -0.2) is 12.3 Å². The monoisotopic (exact) mass is 243 g/mol. The van der Waals surface area contributed by atoms with E-state index in [1.807, 2.05) is 6.92 Å². The molecule has 88 valence electrons. The van der Waals surface area contributed by atoms with Crippen molar-refractivity contribution in [2.45, 2.75) is 25.1 Å². The molecule has 1 N–H and O–H groups in total. The Kier molecular flexibility index (Phi) is 3.82. The van der Waals surface area contributed by atoms with Crippen LogP contribution in [0, 0.1) is 11.6 Å². The van der Waals surface area contributed by atoms with E-state index in [1.54, 1.807) is 11.8 Å². The zero-order valence-corrected chi connectivity index (χ0v) is 10.0. The maximum atomic E-state index is 13.6. The van der Waals surface area contributed by atoms with Gasteiger partial charge in [0, 0.05) is 23.4 Å². The van der Waals surface area contributed by atoms with Gasteiger partial charge in [-0.2, -0.15) is 11.8 Å². The molecule has 0 aromatic heterocycles. The highest BCUT2D eigenvalue weighted by molar-refractivity contribution is 7.98.